The van der Waals surface area contributed by atoms with Gasteiger partial charge in [0, 0.05) is 17.2 Å². The molecular weight excluding hydrogens is 292 g/mol. The van der Waals surface area contributed by atoms with E-state index in [0.717, 1.165) is 12.1 Å². The smallest absolute Gasteiger partial charge is 0.202 e. The van der Waals surface area contributed by atoms with Crippen LogP contribution in [-0.2, 0) is 0 Å². The zero-order valence-electron chi connectivity index (χ0n) is 11.2. The summed E-state index contributed by atoms with van der Waals surface area (Å²) in [7, 11) is 0. The Hall–Kier alpha value is -3.22. The molecule has 0 unspecified atom stereocenters. The van der Waals surface area contributed by atoms with Gasteiger partial charge in [-0.3, -0.25) is 9.59 Å². The Kier molecular flexibility index (Phi) is 2.59. The van der Waals surface area contributed by atoms with Crippen molar-refractivity contribution in [2.75, 3.05) is 0 Å². The highest BCUT2D eigenvalue weighted by atomic mass is 16.3. The SMILES string of the molecule is Cc1c(O)c(O)c2c(c1O)C(=O)c1cc(O)cc(O)c1C2=O. The molecule has 7 heteroatoms. The van der Waals surface area contributed by atoms with Crippen molar-refractivity contribution >= 4 is 11.6 Å². The molecular formula is C15H10O7. The molecule has 0 amide bonds. The predicted octanol–water partition coefficient (Wildman–Crippen LogP) is 1.30. The molecule has 1 aliphatic carbocycles. The molecule has 3 rings (SSSR count). The lowest BCUT2D eigenvalue weighted by Crippen LogP contribution is -2.21. The van der Waals surface area contributed by atoms with Crippen LogP contribution in [-0.4, -0.2) is 37.1 Å². The van der Waals surface area contributed by atoms with Crippen molar-refractivity contribution in [2.24, 2.45) is 0 Å². The van der Waals surface area contributed by atoms with Crippen LogP contribution in [0.3, 0.4) is 0 Å². The molecule has 2 aromatic carbocycles. The van der Waals surface area contributed by atoms with Crippen LogP contribution in [0, 0.1) is 6.92 Å². The Balaban J connectivity index is 2.47. The van der Waals surface area contributed by atoms with Gasteiger partial charge in [-0.05, 0) is 13.0 Å². The van der Waals surface area contributed by atoms with Gasteiger partial charge in [-0.15, -0.1) is 0 Å². The van der Waals surface area contributed by atoms with E-state index in [1.807, 2.05) is 0 Å². The Morgan fingerprint density at radius 1 is 0.727 bits per heavy atom. The second kappa shape index (κ2) is 4.14. The molecule has 0 fully saturated rings. The first-order valence-corrected chi connectivity index (χ1v) is 6.18. The summed E-state index contributed by atoms with van der Waals surface area (Å²) in [5.74, 6) is -5.08. The summed E-state index contributed by atoms with van der Waals surface area (Å²) in [6.45, 7) is 1.26. The number of hydrogen-bond donors (Lipinski definition) is 5. The van der Waals surface area contributed by atoms with Crippen LogP contribution in [0.4, 0.5) is 0 Å². The third kappa shape index (κ3) is 1.50. The number of fused-ring (bicyclic) bond motifs is 2. The number of hydrogen-bond acceptors (Lipinski definition) is 7. The summed E-state index contributed by atoms with van der Waals surface area (Å²) in [6.07, 6.45) is 0. The van der Waals surface area contributed by atoms with Crippen LogP contribution in [0.1, 0.15) is 37.4 Å². The van der Waals surface area contributed by atoms with Gasteiger partial charge in [-0.1, -0.05) is 0 Å². The maximum absolute atomic E-state index is 12.5. The van der Waals surface area contributed by atoms with Gasteiger partial charge in [0.25, 0.3) is 0 Å². The molecule has 0 aromatic heterocycles. The molecule has 112 valence electrons. The van der Waals surface area contributed by atoms with Gasteiger partial charge in [-0.2, -0.15) is 0 Å². The molecule has 22 heavy (non-hydrogen) atoms. The summed E-state index contributed by atoms with van der Waals surface area (Å²) < 4.78 is 0. The average Bonchev–Trinajstić information content (AvgIpc) is 2.45. The summed E-state index contributed by atoms with van der Waals surface area (Å²) in [6, 6.07) is 1.86. The van der Waals surface area contributed by atoms with E-state index < -0.39 is 57.0 Å². The molecule has 2 aromatic rings. The summed E-state index contributed by atoms with van der Waals surface area (Å²) in [5.41, 5.74) is -1.93. The molecule has 7 nitrogen and oxygen atoms in total. The lowest BCUT2D eigenvalue weighted by Gasteiger charge is -2.22. The van der Waals surface area contributed by atoms with Crippen molar-refractivity contribution in [1.29, 1.82) is 0 Å². The highest BCUT2D eigenvalue weighted by Gasteiger charge is 2.39. The third-order valence-corrected chi connectivity index (χ3v) is 3.69. The minimum Gasteiger partial charge on any atom is -0.508 e. The molecule has 0 bridgehead atoms. The van der Waals surface area contributed by atoms with Crippen molar-refractivity contribution in [2.45, 2.75) is 6.92 Å². The van der Waals surface area contributed by atoms with E-state index in [1.165, 1.54) is 6.92 Å². The molecule has 0 saturated carbocycles. The molecule has 0 spiro atoms. The number of rotatable bonds is 0. The van der Waals surface area contributed by atoms with E-state index in [0.29, 0.717) is 0 Å². The number of aromatic hydroxyl groups is 5. The number of benzene rings is 2. The van der Waals surface area contributed by atoms with Crippen molar-refractivity contribution in [3.63, 3.8) is 0 Å². The summed E-state index contributed by atoms with van der Waals surface area (Å²) in [5, 5.41) is 49.0. The van der Waals surface area contributed by atoms with Crippen LogP contribution in [0.2, 0.25) is 0 Å². The lowest BCUT2D eigenvalue weighted by atomic mass is 9.81. The third-order valence-electron chi connectivity index (χ3n) is 3.69. The maximum atomic E-state index is 12.5. The number of phenols is 5. The van der Waals surface area contributed by atoms with Gasteiger partial charge in [-0.25, -0.2) is 0 Å². The lowest BCUT2D eigenvalue weighted by molar-refractivity contribution is 0.0970. The standard InChI is InChI=1S/C15H10O7/c1-4-11(18)9-10(15(22)12(4)19)14(21)8-6(13(9)20)2-5(16)3-7(8)17/h2-3,16-19,22H,1H3. The predicted molar refractivity (Wildman–Crippen MR) is 72.8 cm³/mol. The first-order valence-electron chi connectivity index (χ1n) is 6.18. The minimum absolute atomic E-state index is 0.162. The zero-order valence-corrected chi connectivity index (χ0v) is 11.2. The van der Waals surface area contributed by atoms with E-state index in [2.05, 4.69) is 0 Å². The van der Waals surface area contributed by atoms with E-state index in [1.54, 1.807) is 0 Å². The molecule has 0 saturated heterocycles. The van der Waals surface area contributed by atoms with Crippen LogP contribution >= 0.6 is 0 Å². The normalized spacial score (nSPS) is 13.0. The van der Waals surface area contributed by atoms with E-state index in [9.17, 15) is 35.1 Å². The van der Waals surface area contributed by atoms with E-state index >= 15 is 0 Å². The summed E-state index contributed by atoms with van der Waals surface area (Å²) in [4.78, 5) is 24.9. The largest absolute Gasteiger partial charge is 0.508 e. The number of carbonyl (C=O) groups excluding carboxylic acids is 2. The fraction of sp³-hybridized carbons (Fsp3) is 0.0667. The molecule has 1 aliphatic rings. The topological polar surface area (TPSA) is 135 Å². The van der Waals surface area contributed by atoms with Crippen molar-refractivity contribution in [3.05, 3.63) is 39.9 Å². The van der Waals surface area contributed by atoms with Crippen molar-refractivity contribution in [1.82, 2.24) is 0 Å². The first-order chi connectivity index (χ1) is 10.3. The fourth-order valence-electron chi connectivity index (χ4n) is 2.56. The fourth-order valence-corrected chi connectivity index (χ4v) is 2.56. The van der Waals surface area contributed by atoms with Crippen molar-refractivity contribution in [3.8, 4) is 28.7 Å². The second-order valence-corrected chi connectivity index (χ2v) is 4.97. The molecule has 0 aliphatic heterocycles. The Labute approximate surface area is 123 Å². The number of phenolic OH excluding ortho intramolecular Hbond substituents is 5. The van der Waals surface area contributed by atoms with E-state index in [4.69, 9.17) is 0 Å². The Morgan fingerprint density at radius 3 is 1.95 bits per heavy atom. The van der Waals surface area contributed by atoms with Gasteiger partial charge >= 0.3 is 0 Å². The first kappa shape index (κ1) is 13.7. The highest BCUT2D eigenvalue weighted by molar-refractivity contribution is 6.31. The molecule has 5 N–H and O–H groups in total. The molecule has 0 atom stereocenters. The highest BCUT2D eigenvalue weighted by Crippen LogP contribution is 2.47. The Bertz CT molecular complexity index is 880. The average molecular weight is 302 g/mol. The van der Waals surface area contributed by atoms with Crippen molar-refractivity contribution < 1.29 is 35.1 Å². The van der Waals surface area contributed by atoms with Gasteiger partial charge in [0.05, 0.1) is 16.7 Å². The van der Waals surface area contributed by atoms with Gasteiger partial charge in [0.15, 0.2) is 17.3 Å². The van der Waals surface area contributed by atoms with Crippen LogP contribution in [0.5, 0.6) is 28.7 Å². The maximum Gasteiger partial charge on any atom is 0.202 e. The Morgan fingerprint density at radius 2 is 1.32 bits per heavy atom. The van der Waals surface area contributed by atoms with Gasteiger partial charge in [0.2, 0.25) is 5.78 Å². The van der Waals surface area contributed by atoms with Crippen LogP contribution in [0.15, 0.2) is 12.1 Å². The summed E-state index contributed by atoms with van der Waals surface area (Å²) >= 11 is 0. The number of carbonyl (C=O) groups is 2. The van der Waals surface area contributed by atoms with Crippen LogP contribution in [0.25, 0.3) is 0 Å². The van der Waals surface area contributed by atoms with Crippen LogP contribution < -0.4 is 0 Å². The second-order valence-electron chi connectivity index (χ2n) is 4.97. The minimum atomic E-state index is -0.940. The molecule has 0 heterocycles. The quantitative estimate of drug-likeness (QED) is 0.312. The molecule has 0 radical (unpaired) electrons. The van der Waals surface area contributed by atoms with Gasteiger partial charge < -0.3 is 25.5 Å². The van der Waals surface area contributed by atoms with E-state index in [-0.39, 0.29) is 11.1 Å². The monoisotopic (exact) mass is 302 g/mol. The number of ketones is 2. The van der Waals surface area contributed by atoms with Gasteiger partial charge in [0.1, 0.15) is 17.2 Å². The zero-order chi connectivity index (χ0) is 16.3.